The Morgan fingerprint density at radius 3 is 2.57 bits per heavy atom. The van der Waals surface area contributed by atoms with Crippen LogP contribution in [0.5, 0.6) is 0 Å². The number of likely N-dealkylation sites (tertiary alicyclic amines) is 1. The molecule has 0 aliphatic carbocycles. The van der Waals surface area contributed by atoms with Crippen LogP contribution < -0.4 is 0 Å². The van der Waals surface area contributed by atoms with Gasteiger partial charge >= 0.3 is 6.09 Å². The number of ether oxygens (including phenoxy) is 1. The Morgan fingerprint density at radius 1 is 1.35 bits per heavy atom. The molecule has 23 heavy (non-hydrogen) atoms. The minimum atomic E-state index is -3.99. The molecule has 0 bridgehead atoms. The molecule has 0 radical (unpaired) electrons. The Balaban J connectivity index is 1.91. The number of carbonyl (C=O) groups excluding carboxylic acids is 1. The number of alkyl halides is 2. The standard InChI is InChI=1S/C14H17F2NO5S/c1-23(19,20)22-12-7-8-17(10-14(12,15)16)13(18)21-9-11-5-3-2-4-6-11/h2-6,12H,7-10H2,1H3. The quantitative estimate of drug-likeness (QED) is 0.778. The topological polar surface area (TPSA) is 72.9 Å². The average Bonchev–Trinajstić information content (AvgIpc) is 2.46. The van der Waals surface area contributed by atoms with E-state index in [0.717, 1.165) is 10.5 Å². The Labute approximate surface area is 133 Å². The zero-order valence-electron chi connectivity index (χ0n) is 12.4. The van der Waals surface area contributed by atoms with E-state index in [2.05, 4.69) is 4.18 Å². The van der Waals surface area contributed by atoms with Gasteiger partial charge in [0.25, 0.3) is 16.0 Å². The maximum absolute atomic E-state index is 13.9. The number of hydrogen-bond acceptors (Lipinski definition) is 5. The van der Waals surface area contributed by atoms with Crippen LogP contribution in [-0.4, -0.2) is 50.8 Å². The Morgan fingerprint density at radius 2 is 2.00 bits per heavy atom. The molecule has 0 N–H and O–H groups in total. The van der Waals surface area contributed by atoms with E-state index in [9.17, 15) is 22.0 Å². The molecule has 0 saturated carbocycles. The van der Waals surface area contributed by atoms with Gasteiger partial charge in [-0.3, -0.25) is 4.18 Å². The second kappa shape index (κ2) is 6.79. The number of amides is 1. The normalized spacial score (nSPS) is 21.0. The van der Waals surface area contributed by atoms with Crippen molar-refractivity contribution in [3.05, 3.63) is 35.9 Å². The highest BCUT2D eigenvalue weighted by atomic mass is 32.2. The third-order valence-electron chi connectivity index (χ3n) is 3.29. The first kappa shape index (κ1) is 17.6. The first-order chi connectivity index (χ1) is 10.7. The highest BCUT2D eigenvalue weighted by molar-refractivity contribution is 7.86. The Bertz CT molecular complexity index is 650. The molecule has 1 atom stereocenters. The fourth-order valence-electron chi connectivity index (χ4n) is 2.22. The second-order valence-electron chi connectivity index (χ2n) is 5.30. The highest BCUT2D eigenvalue weighted by Crippen LogP contribution is 2.31. The van der Waals surface area contributed by atoms with Gasteiger partial charge in [-0.2, -0.15) is 8.42 Å². The number of hydrogen-bond donors (Lipinski definition) is 0. The van der Waals surface area contributed by atoms with Gasteiger partial charge in [-0.15, -0.1) is 0 Å². The minimum Gasteiger partial charge on any atom is -0.445 e. The highest BCUT2D eigenvalue weighted by Gasteiger charge is 2.48. The van der Waals surface area contributed by atoms with Gasteiger partial charge in [0.1, 0.15) is 12.7 Å². The lowest BCUT2D eigenvalue weighted by molar-refractivity contribution is -0.133. The summed E-state index contributed by atoms with van der Waals surface area (Å²) in [6.07, 6.45) is -2.22. The summed E-state index contributed by atoms with van der Waals surface area (Å²) < 4.78 is 59.3. The number of piperidine rings is 1. The van der Waals surface area contributed by atoms with E-state index in [4.69, 9.17) is 4.74 Å². The van der Waals surface area contributed by atoms with Crippen LogP contribution >= 0.6 is 0 Å². The summed E-state index contributed by atoms with van der Waals surface area (Å²) in [7, 11) is -3.99. The molecule has 1 aliphatic heterocycles. The molecule has 1 aromatic carbocycles. The first-order valence-corrected chi connectivity index (χ1v) is 8.71. The van der Waals surface area contributed by atoms with Crippen molar-refractivity contribution in [3.63, 3.8) is 0 Å². The van der Waals surface area contributed by atoms with Gasteiger partial charge in [0.05, 0.1) is 12.8 Å². The molecule has 1 heterocycles. The van der Waals surface area contributed by atoms with Crippen molar-refractivity contribution in [2.24, 2.45) is 0 Å². The van der Waals surface area contributed by atoms with Gasteiger partial charge in [0.15, 0.2) is 0 Å². The van der Waals surface area contributed by atoms with Crippen molar-refractivity contribution in [1.82, 2.24) is 4.90 Å². The number of halogens is 2. The summed E-state index contributed by atoms with van der Waals surface area (Å²) in [4.78, 5) is 12.7. The largest absolute Gasteiger partial charge is 0.445 e. The molecule has 0 spiro atoms. The van der Waals surface area contributed by atoms with E-state index >= 15 is 0 Å². The summed E-state index contributed by atoms with van der Waals surface area (Å²) in [5, 5.41) is 0. The minimum absolute atomic E-state index is 0.0228. The predicted octanol–water partition coefficient (Wildman–Crippen LogP) is 2.01. The van der Waals surface area contributed by atoms with E-state index in [1.165, 1.54) is 0 Å². The summed E-state index contributed by atoms with van der Waals surface area (Å²) in [6, 6.07) is 8.83. The van der Waals surface area contributed by atoms with Gasteiger partial charge in [0, 0.05) is 6.54 Å². The molecule has 6 nitrogen and oxygen atoms in total. The van der Waals surface area contributed by atoms with Crippen LogP contribution in [0.2, 0.25) is 0 Å². The molecule has 1 unspecified atom stereocenters. The van der Waals surface area contributed by atoms with Crippen molar-refractivity contribution in [1.29, 1.82) is 0 Å². The maximum atomic E-state index is 13.9. The average molecular weight is 349 g/mol. The summed E-state index contributed by atoms with van der Waals surface area (Å²) >= 11 is 0. The lowest BCUT2D eigenvalue weighted by Gasteiger charge is -2.36. The van der Waals surface area contributed by atoms with Crippen LogP contribution in [0.25, 0.3) is 0 Å². The van der Waals surface area contributed by atoms with E-state index in [0.29, 0.717) is 6.26 Å². The zero-order valence-corrected chi connectivity index (χ0v) is 13.3. The third-order valence-corrected chi connectivity index (χ3v) is 3.87. The zero-order chi connectivity index (χ0) is 17.1. The molecule has 9 heteroatoms. The second-order valence-corrected chi connectivity index (χ2v) is 6.90. The van der Waals surface area contributed by atoms with Crippen molar-refractivity contribution < 1.29 is 30.9 Å². The molecule has 0 aromatic heterocycles. The van der Waals surface area contributed by atoms with Crippen LogP contribution in [0.1, 0.15) is 12.0 Å². The number of nitrogens with zero attached hydrogens (tertiary/aromatic N) is 1. The molecule has 128 valence electrons. The number of benzene rings is 1. The van der Waals surface area contributed by atoms with Crippen LogP contribution in [0.3, 0.4) is 0 Å². The van der Waals surface area contributed by atoms with E-state index in [1.54, 1.807) is 30.3 Å². The molecular formula is C14H17F2NO5S. The lowest BCUT2D eigenvalue weighted by Crippen LogP contribution is -2.54. The van der Waals surface area contributed by atoms with Gasteiger partial charge < -0.3 is 9.64 Å². The van der Waals surface area contributed by atoms with Crippen LogP contribution in [0.4, 0.5) is 13.6 Å². The van der Waals surface area contributed by atoms with Crippen molar-refractivity contribution >= 4 is 16.2 Å². The molecule has 1 aliphatic rings. The molecular weight excluding hydrogens is 332 g/mol. The number of carbonyl (C=O) groups is 1. The van der Waals surface area contributed by atoms with Crippen molar-refractivity contribution in [2.45, 2.75) is 25.1 Å². The van der Waals surface area contributed by atoms with Crippen molar-refractivity contribution in [2.75, 3.05) is 19.3 Å². The summed E-state index contributed by atoms with van der Waals surface area (Å²) in [5.41, 5.74) is 0.739. The summed E-state index contributed by atoms with van der Waals surface area (Å²) in [6.45, 7) is -1.03. The SMILES string of the molecule is CS(=O)(=O)OC1CCN(C(=O)OCc2ccccc2)CC1(F)F. The number of rotatable bonds is 4. The molecule has 1 aromatic rings. The van der Waals surface area contributed by atoms with E-state index in [-0.39, 0.29) is 19.6 Å². The van der Waals surface area contributed by atoms with E-state index in [1.807, 2.05) is 0 Å². The van der Waals surface area contributed by atoms with Gasteiger partial charge in [-0.25, -0.2) is 13.6 Å². The molecule has 2 rings (SSSR count). The van der Waals surface area contributed by atoms with Gasteiger partial charge in [0.2, 0.25) is 0 Å². The van der Waals surface area contributed by atoms with Gasteiger partial charge in [-0.05, 0) is 12.0 Å². The van der Waals surface area contributed by atoms with Crippen LogP contribution in [-0.2, 0) is 25.6 Å². The van der Waals surface area contributed by atoms with Gasteiger partial charge in [-0.1, -0.05) is 30.3 Å². The maximum Gasteiger partial charge on any atom is 0.410 e. The fourth-order valence-corrected chi connectivity index (χ4v) is 2.87. The lowest BCUT2D eigenvalue weighted by atomic mass is 10.0. The Kier molecular flexibility index (Phi) is 5.20. The molecule has 1 amide bonds. The van der Waals surface area contributed by atoms with E-state index < -0.39 is 34.8 Å². The Hall–Kier alpha value is -1.74. The third kappa shape index (κ3) is 5.14. The smallest absolute Gasteiger partial charge is 0.410 e. The van der Waals surface area contributed by atoms with Crippen LogP contribution in [0, 0.1) is 0 Å². The monoisotopic (exact) mass is 349 g/mol. The van der Waals surface area contributed by atoms with Crippen LogP contribution in [0.15, 0.2) is 30.3 Å². The van der Waals surface area contributed by atoms with Crippen molar-refractivity contribution in [3.8, 4) is 0 Å². The molecule has 1 fully saturated rings. The fraction of sp³-hybridized carbons (Fsp3) is 0.500. The first-order valence-electron chi connectivity index (χ1n) is 6.89. The molecule has 1 saturated heterocycles. The summed E-state index contributed by atoms with van der Waals surface area (Å²) in [5.74, 6) is -3.47. The predicted molar refractivity (Wildman–Crippen MR) is 77.5 cm³/mol.